The summed E-state index contributed by atoms with van der Waals surface area (Å²) >= 11 is 0. The molecule has 2 aromatic carbocycles. The summed E-state index contributed by atoms with van der Waals surface area (Å²) in [5, 5.41) is 11.8. The third kappa shape index (κ3) is 4.27. The van der Waals surface area contributed by atoms with Crippen LogP contribution in [0, 0.1) is 0 Å². The van der Waals surface area contributed by atoms with Crippen molar-refractivity contribution >= 4 is 17.8 Å². The summed E-state index contributed by atoms with van der Waals surface area (Å²) in [6.45, 7) is 0.795. The van der Waals surface area contributed by atoms with E-state index in [2.05, 4.69) is 4.98 Å². The quantitative estimate of drug-likeness (QED) is 0.539. The second-order valence-corrected chi connectivity index (χ2v) is 8.04. The van der Waals surface area contributed by atoms with Gasteiger partial charge in [-0.3, -0.25) is 4.57 Å². The van der Waals surface area contributed by atoms with Crippen molar-refractivity contribution in [2.75, 3.05) is 12.3 Å². The maximum absolute atomic E-state index is 16.4. The fourth-order valence-corrected chi connectivity index (χ4v) is 4.25. The molecule has 10 heteroatoms. The molecule has 0 saturated carbocycles. The summed E-state index contributed by atoms with van der Waals surface area (Å²) in [6, 6.07) is 15.3. The molecule has 1 aliphatic rings. The summed E-state index contributed by atoms with van der Waals surface area (Å²) in [5.41, 5.74) is 2.53. The topological polar surface area (TPSA) is 137 Å². The largest absolute Gasteiger partial charge is 0.545 e. The van der Waals surface area contributed by atoms with Gasteiger partial charge in [-0.2, -0.15) is 4.98 Å². The lowest BCUT2D eigenvalue weighted by Crippen LogP contribution is -2.39. The summed E-state index contributed by atoms with van der Waals surface area (Å²) in [7, 11) is 0. The van der Waals surface area contributed by atoms with Crippen LogP contribution in [-0.4, -0.2) is 39.9 Å². The number of aromatic carboxylic acids is 1. The lowest BCUT2D eigenvalue weighted by Gasteiger charge is -2.30. The SMILES string of the molecule is C[C@@]1(F)[C@H](c2ccccc2C(=O)[O-])[C@H](COC(=O)c2ccccc2)O[C@H]1n1ccc(N)nc1=O. The first-order valence-electron chi connectivity index (χ1n) is 10.4. The molecule has 0 spiro atoms. The van der Waals surface area contributed by atoms with Crippen LogP contribution < -0.4 is 16.5 Å². The van der Waals surface area contributed by atoms with Crippen LogP contribution in [0.1, 0.15) is 45.3 Å². The first-order chi connectivity index (χ1) is 16.2. The van der Waals surface area contributed by atoms with Gasteiger partial charge >= 0.3 is 11.7 Å². The Hall–Kier alpha value is -4.05. The monoisotopic (exact) mass is 466 g/mol. The van der Waals surface area contributed by atoms with E-state index >= 15 is 4.39 Å². The Kier molecular flexibility index (Phi) is 6.16. The van der Waals surface area contributed by atoms with Gasteiger partial charge in [0.05, 0.1) is 17.5 Å². The third-order valence-corrected chi connectivity index (χ3v) is 5.77. The molecular formula is C24H21FN3O6-. The van der Waals surface area contributed by atoms with Gasteiger partial charge in [0.2, 0.25) is 0 Å². The Bertz CT molecular complexity index is 1280. The molecule has 1 fully saturated rings. The Balaban J connectivity index is 1.73. The molecule has 9 nitrogen and oxygen atoms in total. The second kappa shape index (κ2) is 9.06. The molecule has 0 aliphatic carbocycles. The number of rotatable bonds is 6. The van der Waals surface area contributed by atoms with E-state index in [9.17, 15) is 19.5 Å². The van der Waals surface area contributed by atoms with Crippen molar-refractivity contribution in [3.05, 3.63) is 94.0 Å². The molecule has 4 rings (SSSR count). The van der Waals surface area contributed by atoms with Crippen LogP contribution in [-0.2, 0) is 9.47 Å². The van der Waals surface area contributed by atoms with Crippen LogP contribution in [0.3, 0.4) is 0 Å². The van der Waals surface area contributed by atoms with Gasteiger partial charge in [-0.15, -0.1) is 0 Å². The van der Waals surface area contributed by atoms with Gasteiger partial charge in [0.25, 0.3) is 0 Å². The number of nitrogens with two attached hydrogens (primary N) is 1. The lowest BCUT2D eigenvalue weighted by atomic mass is 9.80. The average molecular weight is 466 g/mol. The molecule has 1 saturated heterocycles. The molecule has 0 unspecified atom stereocenters. The van der Waals surface area contributed by atoms with E-state index in [0.717, 1.165) is 4.57 Å². The van der Waals surface area contributed by atoms with E-state index in [1.165, 1.54) is 37.4 Å². The van der Waals surface area contributed by atoms with Crippen LogP contribution in [0.2, 0.25) is 0 Å². The number of anilines is 1. The van der Waals surface area contributed by atoms with Gasteiger partial charge in [-0.1, -0.05) is 42.5 Å². The van der Waals surface area contributed by atoms with E-state index in [4.69, 9.17) is 15.2 Å². The minimum Gasteiger partial charge on any atom is -0.545 e. The number of esters is 1. The molecule has 1 aliphatic heterocycles. The minimum absolute atomic E-state index is 0.0491. The normalized spacial score (nSPS) is 24.0. The highest BCUT2D eigenvalue weighted by Crippen LogP contribution is 2.51. The maximum Gasteiger partial charge on any atom is 0.351 e. The van der Waals surface area contributed by atoms with Gasteiger partial charge in [-0.05, 0) is 30.7 Å². The fourth-order valence-electron chi connectivity index (χ4n) is 4.25. The van der Waals surface area contributed by atoms with Crippen LogP contribution in [0.15, 0.2) is 71.7 Å². The smallest absolute Gasteiger partial charge is 0.351 e. The zero-order chi connectivity index (χ0) is 24.5. The number of hydrogen-bond acceptors (Lipinski definition) is 8. The molecule has 0 bridgehead atoms. The highest BCUT2D eigenvalue weighted by atomic mass is 19.1. The van der Waals surface area contributed by atoms with Gasteiger partial charge in [-0.25, -0.2) is 14.0 Å². The molecule has 1 aromatic heterocycles. The number of nitrogen functional groups attached to an aromatic ring is 1. The predicted molar refractivity (Wildman–Crippen MR) is 117 cm³/mol. The van der Waals surface area contributed by atoms with Gasteiger partial charge in [0.1, 0.15) is 18.5 Å². The van der Waals surface area contributed by atoms with Crippen LogP contribution in [0.4, 0.5) is 10.2 Å². The number of carbonyl (C=O) groups is 2. The number of alkyl halides is 1. The summed E-state index contributed by atoms with van der Waals surface area (Å²) in [6.07, 6.45) is -1.38. The molecule has 3 aromatic rings. The summed E-state index contributed by atoms with van der Waals surface area (Å²) < 4.78 is 28.6. The number of halogens is 1. The van der Waals surface area contributed by atoms with E-state index in [1.54, 1.807) is 36.4 Å². The number of carbonyl (C=O) groups excluding carboxylic acids is 2. The number of aromatic nitrogens is 2. The molecule has 34 heavy (non-hydrogen) atoms. The Morgan fingerprint density at radius 2 is 1.85 bits per heavy atom. The van der Waals surface area contributed by atoms with Crippen LogP contribution in [0.5, 0.6) is 0 Å². The molecule has 176 valence electrons. The maximum atomic E-state index is 16.4. The predicted octanol–water partition coefficient (Wildman–Crippen LogP) is 1.46. The van der Waals surface area contributed by atoms with Crippen molar-refractivity contribution < 1.29 is 28.6 Å². The molecule has 0 amide bonds. The number of hydrogen-bond donors (Lipinski definition) is 1. The number of ether oxygens (including phenoxy) is 2. The first kappa shape index (κ1) is 23.1. The zero-order valence-corrected chi connectivity index (χ0v) is 18.1. The number of benzene rings is 2. The molecule has 2 N–H and O–H groups in total. The molecule has 2 heterocycles. The number of carboxylic acids is 1. The molecular weight excluding hydrogens is 445 g/mol. The zero-order valence-electron chi connectivity index (χ0n) is 18.1. The van der Waals surface area contributed by atoms with Crippen molar-refractivity contribution in [3.8, 4) is 0 Å². The summed E-state index contributed by atoms with van der Waals surface area (Å²) in [5.74, 6) is -3.43. The van der Waals surface area contributed by atoms with Crippen molar-refractivity contribution in [3.63, 3.8) is 0 Å². The fraction of sp³-hybridized carbons (Fsp3) is 0.250. The van der Waals surface area contributed by atoms with E-state index in [1.807, 2.05) is 0 Å². The standard InChI is InChI=1S/C24H22FN3O6/c1-24(25)19(15-9-5-6-10-16(15)20(29)30)17(13-33-21(31)14-7-3-2-4-8-14)34-22(24)28-12-11-18(26)27-23(28)32/h2-12,17,19,22H,13H2,1H3,(H,29,30)(H2,26,27,32)/p-1/t17-,19+,22+,24+/m0/s1. The Labute approximate surface area is 193 Å². The van der Waals surface area contributed by atoms with Crippen molar-refractivity contribution in [2.24, 2.45) is 0 Å². The van der Waals surface area contributed by atoms with E-state index < -0.39 is 48.2 Å². The van der Waals surface area contributed by atoms with E-state index in [-0.39, 0.29) is 22.5 Å². The minimum atomic E-state index is -2.31. The number of nitrogens with zero attached hydrogens (tertiary/aromatic N) is 2. The number of carboxylic acid groups (broad SMARTS) is 1. The average Bonchev–Trinajstić information content (AvgIpc) is 3.07. The Morgan fingerprint density at radius 3 is 2.53 bits per heavy atom. The van der Waals surface area contributed by atoms with Crippen LogP contribution in [0.25, 0.3) is 0 Å². The highest BCUT2D eigenvalue weighted by Gasteiger charge is 2.57. The van der Waals surface area contributed by atoms with Gasteiger partial charge in [0, 0.05) is 11.8 Å². The second-order valence-electron chi connectivity index (χ2n) is 8.04. The van der Waals surface area contributed by atoms with Crippen molar-refractivity contribution in [1.29, 1.82) is 0 Å². The Morgan fingerprint density at radius 1 is 1.18 bits per heavy atom. The lowest BCUT2D eigenvalue weighted by molar-refractivity contribution is -0.255. The first-order valence-corrected chi connectivity index (χ1v) is 10.4. The molecule has 0 radical (unpaired) electrons. The van der Waals surface area contributed by atoms with Gasteiger partial charge in [0.15, 0.2) is 11.9 Å². The van der Waals surface area contributed by atoms with Crippen LogP contribution >= 0.6 is 0 Å². The highest BCUT2D eigenvalue weighted by molar-refractivity contribution is 5.89. The van der Waals surface area contributed by atoms with Crippen molar-refractivity contribution in [1.82, 2.24) is 9.55 Å². The summed E-state index contributed by atoms with van der Waals surface area (Å²) in [4.78, 5) is 40.3. The molecule has 4 atom stereocenters. The van der Waals surface area contributed by atoms with Crippen molar-refractivity contribution in [2.45, 2.75) is 30.8 Å². The van der Waals surface area contributed by atoms with Gasteiger partial charge < -0.3 is 25.1 Å². The van der Waals surface area contributed by atoms with E-state index in [0.29, 0.717) is 0 Å². The third-order valence-electron chi connectivity index (χ3n) is 5.77.